The average Bonchev–Trinajstić information content (AvgIpc) is 3.08. The van der Waals surface area contributed by atoms with Crippen LogP contribution in [-0.4, -0.2) is 28.1 Å². The highest BCUT2D eigenvalue weighted by Crippen LogP contribution is 2.21. The first-order chi connectivity index (χ1) is 13.9. The molecular weight excluding hydrogens is 388 g/mol. The first-order valence-corrected chi connectivity index (χ1v) is 9.66. The van der Waals surface area contributed by atoms with Crippen LogP contribution >= 0.6 is 11.6 Å². The van der Waals surface area contributed by atoms with E-state index in [1.54, 1.807) is 30.4 Å². The smallest absolute Gasteiger partial charge is 0.251 e. The molecule has 0 atom stereocenters. The number of hydrogen-bond acceptors (Lipinski definition) is 4. The molecule has 0 aliphatic carbocycles. The number of carbonyl (C=O) groups excluding carboxylic acids is 1. The standard InChI is InChI=1S/C23H23ClN2O3/c1-3-10-23(28,11-4-2)15-25-22(27)17-8-9-19-20(14-17)29-21(26-19)13-16-6-5-7-18(24)12-16/h3-9,12,14,28H,1-2,10-11,13,15H2,(H,25,27). The van der Waals surface area contributed by atoms with Gasteiger partial charge in [0.05, 0.1) is 5.60 Å². The number of aliphatic hydroxyl groups is 1. The van der Waals surface area contributed by atoms with Gasteiger partial charge in [0.25, 0.3) is 5.91 Å². The number of hydrogen-bond donors (Lipinski definition) is 2. The van der Waals surface area contributed by atoms with Crippen LogP contribution in [0, 0.1) is 0 Å². The summed E-state index contributed by atoms with van der Waals surface area (Å²) in [6.07, 6.45) is 4.46. The van der Waals surface area contributed by atoms with Gasteiger partial charge in [0.15, 0.2) is 11.5 Å². The number of nitrogens with zero attached hydrogens (tertiary/aromatic N) is 1. The predicted octanol–water partition coefficient (Wildman–Crippen LogP) is 4.69. The molecule has 0 aliphatic heterocycles. The van der Waals surface area contributed by atoms with Gasteiger partial charge in [-0.15, -0.1) is 13.2 Å². The van der Waals surface area contributed by atoms with E-state index < -0.39 is 5.60 Å². The second-order valence-electron chi connectivity index (χ2n) is 6.99. The zero-order valence-corrected chi connectivity index (χ0v) is 16.8. The van der Waals surface area contributed by atoms with Gasteiger partial charge in [-0.3, -0.25) is 4.79 Å². The zero-order valence-electron chi connectivity index (χ0n) is 16.0. The summed E-state index contributed by atoms with van der Waals surface area (Å²) < 4.78 is 5.82. The van der Waals surface area contributed by atoms with Crippen LogP contribution in [0.4, 0.5) is 0 Å². The normalized spacial score (nSPS) is 11.4. The van der Waals surface area contributed by atoms with Crippen molar-refractivity contribution in [2.24, 2.45) is 0 Å². The number of benzene rings is 2. The number of oxazole rings is 1. The molecule has 0 radical (unpaired) electrons. The first-order valence-electron chi connectivity index (χ1n) is 9.29. The topological polar surface area (TPSA) is 75.4 Å². The van der Waals surface area contributed by atoms with E-state index in [0.717, 1.165) is 5.56 Å². The molecule has 0 saturated carbocycles. The first kappa shape index (κ1) is 20.8. The van der Waals surface area contributed by atoms with Crippen LogP contribution < -0.4 is 5.32 Å². The van der Waals surface area contributed by atoms with Gasteiger partial charge in [-0.05, 0) is 48.7 Å². The van der Waals surface area contributed by atoms with E-state index in [9.17, 15) is 9.90 Å². The van der Waals surface area contributed by atoms with Gasteiger partial charge in [0.2, 0.25) is 0 Å². The Labute approximate surface area is 174 Å². The van der Waals surface area contributed by atoms with Crippen LogP contribution in [0.15, 0.2) is 72.2 Å². The largest absolute Gasteiger partial charge is 0.440 e. The summed E-state index contributed by atoms with van der Waals surface area (Å²) in [6.45, 7) is 7.40. The number of rotatable bonds is 9. The van der Waals surface area contributed by atoms with Crippen LogP contribution in [0.2, 0.25) is 5.02 Å². The van der Waals surface area contributed by atoms with Crippen LogP contribution in [-0.2, 0) is 6.42 Å². The second-order valence-corrected chi connectivity index (χ2v) is 7.43. The molecule has 6 heteroatoms. The fraction of sp³-hybridized carbons (Fsp3) is 0.217. The highest BCUT2D eigenvalue weighted by atomic mass is 35.5. The maximum atomic E-state index is 12.5. The molecule has 3 aromatic rings. The predicted molar refractivity (Wildman–Crippen MR) is 115 cm³/mol. The lowest BCUT2D eigenvalue weighted by molar-refractivity contribution is 0.0437. The van der Waals surface area contributed by atoms with Crippen LogP contribution in [0.5, 0.6) is 0 Å². The van der Waals surface area contributed by atoms with Gasteiger partial charge >= 0.3 is 0 Å². The lowest BCUT2D eigenvalue weighted by Gasteiger charge is -2.25. The van der Waals surface area contributed by atoms with Gasteiger partial charge in [0.1, 0.15) is 5.52 Å². The summed E-state index contributed by atoms with van der Waals surface area (Å²) in [6, 6.07) is 12.6. The molecule has 5 nitrogen and oxygen atoms in total. The van der Waals surface area contributed by atoms with E-state index in [2.05, 4.69) is 23.5 Å². The Morgan fingerprint density at radius 2 is 1.97 bits per heavy atom. The Bertz CT molecular complexity index is 1030. The molecular formula is C23H23ClN2O3. The zero-order chi connectivity index (χ0) is 20.9. The molecule has 1 amide bonds. The Morgan fingerprint density at radius 3 is 2.66 bits per heavy atom. The van der Waals surface area contributed by atoms with Crippen molar-refractivity contribution in [1.29, 1.82) is 0 Å². The molecule has 2 N–H and O–H groups in total. The van der Waals surface area contributed by atoms with Crippen molar-refractivity contribution in [2.45, 2.75) is 24.9 Å². The Hall–Kier alpha value is -2.89. The lowest BCUT2D eigenvalue weighted by atomic mass is 9.95. The SMILES string of the molecule is C=CCC(O)(CC=C)CNC(=O)c1ccc2nc(Cc3cccc(Cl)c3)oc2c1. The van der Waals surface area contributed by atoms with Crippen LogP contribution in [0.3, 0.4) is 0 Å². The second kappa shape index (κ2) is 9.07. The third kappa shape index (κ3) is 5.34. The molecule has 0 spiro atoms. The number of aromatic nitrogens is 1. The van der Waals surface area contributed by atoms with Gasteiger partial charge in [-0.25, -0.2) is 4.98 Å². The maximum Gasteiger partial charge on any atom is 0.251 e. The molecule has 3 rings (SSSR count). The summed E-state index contributed by atoms with van der Waals surface area (Å²) in [4.78, 5) is 17.0. The highest BCUT2D eigenvalue weighted by molar-refractivity contribution is 6.30. The number of amides is 1. The highest BCUT2D eigenvalue weighted by Gasteiger charge is 2.24. The van der Waals surface area contributed by atoms with Crippen LogP contribution in [0.25, 0.3) is 11.1 Å². The van der Waals surface area contributed by atoms with Crippen molar-refractivity contribution in [3.8, 4) is 0 Å². The average molecular weight is 411 g/mol. The van der Waals surface area contributed by atoms with Crippen LogP contribution in [0.1, 0.15) is 34.7 Å². The summed E-state index contributed by atoms with van der Waals surface area (Å²) in [5.41, 5.74) is 1.53. The fourth-order valence-corrected chi connectivity index (χ4v) is 3.34. The quantitative estimate of drug-likeness (QED) is 0.502. The van der Waals surface area contributed by atoms with Gasteiger partial charge in [-0.2, -0.15) is 0 Å². The minimum atomic E-state index is -1.10. The van der Waals surface area contributed by atoms with E-state index in [1.165, 1.54) is 0 Å². The van der Waals surface area contributed by atoms with Gasteiger partial charge in [0, 0.05) is 23.6 Å². The molecule has 0 saturated heterocycles. The molecule has 0 aliphatic rings. The number of halogens is 1. The summed E-state index contributed by atoms with van der Waals surface area (Å²) >= 11 is 6.02. The Balaban J connectivity index is 1.72. The third-order valence-electron chi connectivity index (χ3n) is 4.57. The molecule has 1 aromatic heterocycles. The molecule has 2 aromatic carbocycles. The number of carbonyl (C=O) groups is 1. The molecule has 0 bridgehead atoms. The minimum Gasteiger partial charge on any atom is -0.440 e. The summed E-state index contributed by atoms with van der Waals surface area (Å²) in [7, 11) is 0. The Kier molecular flexibility index (Phi) is 6.52. The molecule has 1 heterocycles. The van der Waals surface area contributed by atoms with E-state index in [1.807, 2.05) is 24.3 Å². The van der Waals surface area contributed by atoms with E-state index in [-0.39, 0.29) is 12.5 Å². The van der Waals surface area contributed by atoms with Crippen molar-refractivity contribution in [3.63, 3.8) is 0 Å². The third-order valence-corrected chi connectivity index (χ3v) is 4.80. The van der Waals surface area contributed by atoms with Crippen molar-refractivity contribution >= 4 is 28.6 Å². The van der Waals surface area contributed by atoms with Crippen molar-refractivity contribution in [1.82, 2.24) is 10.3 Å². The monoisotopic (exact) mass is 410 g/mol. The minimum absolute atomic E-state index is 0.0956. The van der Waals surface area contributed by atoms with Gasteiger partial charge < -0.3 is 14.8 Å². The van der Waals surface area contributed by atoms with E-state index in [4.69, 9.17) is 16.0 Å². The van der Waals surface area contributed by atoms with Crippen molar-refractivity contribution in [3.05, 3.63) is 89.8 Å². The van der Waals surface area contributed by atoms with Crippen molar-refractivity contribution in [2.75, 3.05) is 6.54 Å². The van der Waals surface area contributed by atoms with Gasteiger partial charge in [-0.1, -0.05) is 35.9 Å². The maximum absolute atomic E-state index is 12.5. The molecule has 29 heavy (non-hydrogen) atoms. The van der Waals surface area contributed by atoms with Crippen molar-refractivity contribution < 1.29 is 14.3 Å². The number of nitrogens with one attached hydrogen (secondary N) is 1. The van der Waals surface area contributed by atoms with E-state index in [0.29, 0.717) is 46.8 Å². The summed E-state index contributed by atoms with van der Waals surface area (Å²) in [5.74, 6) is 0.248. The fourth-order valence-electron chi connectivity index (χ4n) is 3.12. The Morgan fingerprint density at radius 1 is 1.21 bits per heavy atom. The molecule has 150 valence electrons. The molecule has 0 unspecified atom stereocenters. The number of fused-ring (bicyclic) bond motifs is 1. The summed E-state index contributed by atoms with van der Waals surface area (Å²) in [5, 5.41) is 14.0. The molecule has 0 fully saturated rings. The van der Waals surface area contributed by atoms with E-state index >= 15 is 0 Å². The lowest BCUT2D eigenvalue weighted by Crippen LogP contribution is -2.42.